The highest BCUT2D eigenvalue weighted by molar-refractivity contribution is 5.97. The molecular formula is C12H15F3N4O2. The van der Waals surface area contributed by atoms with Crippen molar-refractivity contribution in [1.29, 1.82) is 0 Å². The van der Waals surface area contributed by atoms with Crippen molar-refractivity contribution >= 4 is 11.9 Å². The quantitative estimate of drug-likeness (QED) is 0.340. The average Bonchev–Trinajstić information content (AvgIpc) is 2.43. The molecule has 0 spiro atoms. The monoisotopic (exact) mass is 304 g/mol. The number of nitrogens with zero attached hydrogens (tertiary/aromatic N) is 2. The average molecular weight is 304 g/mol. The van der Waals surface area contributed by atoms with Crippen molar-refractivity contribution in [1.82, 2.24) is 10.2 Å². The van der Waals surface area contributed by atoms with Gasteiger partial charge in [-0.1, -0.05) is 23.4 Å². The van der Waals surface area contributed by atoms with Gasteiger partial charge in [-0.05, 0) is 11.6 Å². The molecule has 6 nitrogen and oxygen atoms in total. The smallest absolute Gasteiger partial charge is 0.405 e. The Kier molecular flexibility index (Phi) is 5.39. The number of carbonyl (C=O) groups excluding carboxylic acids is 1. The van der Waals surface area contributed by atoms with Crippen molar-refractivity contribution in [3.8, 4) is 0 Å². The number of nitrogens with one attached hydrogen (secondary N) is 1. The first kappa shape index (κ1) is 16.6. The molecule has 116 valence electrons. The van der Waals surface area contributed by atoms with Gasteiger partial charge in [0.15, 0.2) is 5.84 Å². The first-order valence-electron chi connectivity index (χ1n) is 5.85. The van der Waals surface area contributed by atoms with Gasteiger partial charge in [0.05, 0.1) is 0 Å². The predicted molar refractivity (Wildman–Crippen MR) is 69.9 cm³/mol. The predicted octanol–water partition coefficient (Wildman–Crippen LogP) is 1.48. The molecule has 1 rings (SSSR count). The molecule has 9 heteroatoms. The summed E-state index contributed by atoms with van der Waals surface area (Å²) in [7, 11) is 1.36. The summed E-state index contributed by atoms with van der Waals surface area (Å²) in [6.45, 7) is -1.31. The van der Waals surface area contributed by atoms with Crippen LogP contribution in [0.15, 0.2) is 29.4 Å². The summed E-state index contributed by atoms with van der Waals surface area (Å²) in [4.78, 5) is 12.6. The van der Waals surface area contributed by atoms with Crippen LogP contribution in [-0.4, -0.2) is 41.7 Å². The van der Waals surface area contributed by atoms with Gasteiger partial charge in [-0.2, -0.15) is 13.2 Å². The van der Waals surface area contributed by atoms with Crippen LogP contribution in [0.5, 0.6) is 0 Å². The first-order valence-corrected chi connectivity index (χ1v) is 5.85. The Hall–Kier alpha value is -2.45. The minimum Gasteiger partial charge on any atom is -0.409 e. The van der Waals surface area contributed by atoms with Crippen molar-refractivity contribution < 1.29 is 23.2 Å². The lowest BCUT2D eigenvalue weighted by Gasteiger charge is -2.19. The number of nitrogens with two attached hydrogens (primary N) is 1. The molecule has 0 fully saturated rings. The molecule has 0 heterocycles. The molecule has 0 bridgehead atoms. The molecular weight excluding hydrogens is 289 g/mol. The van der Waals surface area contributed by atoms with Gasteiger partial charge in [0.25, 0.3) is 0 Å². The van der Waals surface area contributed by atoms with Crippen LogP contribution in [-0.2, 0) is 6.54 Å². The van der Waals surface area contributed by atoms with E-state index in [4.69, 9.17) is 10.9 Å². The zero-order valence-corrected chi connectivity index (χ0v) is 11.2. The Morgan fingerprint density at radius 1 is 1.48 bits per heavy atom. The van der Waals surface area contributed by atoms with E-state index in [1.54, 1.807) is 29.6 Å². The Balaban J connectivity index is 2.66. The topological polar surface area (TPSA) is 90.9 Å². The molecule has 0 aromatic heterocycles. The standard InChI is InChI=1S/C12H15F3N4O2/c1-19(11(20)17-7-12(13,14)15)6-8-3-2-4-9(5-8)10(16)18-21/h2-5,21H,6-7H2,1H3,(H2,16,18)(H,17,20). The van der Waals surface area contributed by atoms with Crippen molar-refractivity contribution in [3.63, 3.8) is 0 Å². The van der Waals surface area contributed by atoms with Gasteiger partial charge >= 0.3 is 12.2 Å². The number of amides is 2. The summed E-state index contributed by atoms with van der Waals surface area (Å²) in [5, 5.41) is 13.2. The second-order valence-corrected chi connectivity index (χ2v) is 4.32. The largest absolute Gasteiger partial charge is 0.409 e. The number of carbonyl (C=O) groups is 1. The molecule has 2 amide bonds. The third-order valence-corrected chi connectivity index (χ3v) is 2.54. The van der Waals surface area contributed by atoms with Gasteiger partial charge in [-0.25, -0.2) is 4.79 Å². The highest BCUT2D eigenvalue weighted by Gasteiger charge is 2.28. The molecule has 0 aliphatic heterocycles. The fraction of sp³-hybridized carbons (Fsp3) is 0.333. The molecule has 21 heavy (non-hydrogen) atoms. The highest BCUT2D eigenvalue weighted by Crippen LogP contribution is 2.13. The fourth-order valence-electron chi connectivity index (χ4n) is 1.54. The van der Waals surface area contributed by atoms with Gasteiger partial charge in [-0.3, -0.25) is 0 Å². The van der Waals surface area contributed by atoms with E-state index in [-0.39, 0.29) is 12.4 Å². The lowest BCUT2D eigenvalue weighted by molar-refractivity contribution is -0.123. The van der Waals surface area contributed by atoms with Crippen LogP contribution in [0.25, 0.3) is 0 Å². The van der Waals surface area contributed by atoms with Crippen LogP contribution in [0.1, 0.15) is 11.1 Å². The second kappa shape index (κ2) is 6.82. The Labute approximate surface area is 119 Å². The summed E-state index contributed by atoms with van der Waals surface area (Å²) in [6, 6.07) is 5.62. The number of hydrogen-bond donors (Lipinski definition) is 3. The van der Waals surface area contributed by atoms with E-state index in [1.807, 2.05) is 0 Å². The van der Waals surface area contributed by atoms with Crippen LogP contribution >= 0.6 is 0 Å². The molecule has 0 aliphatic rings. The van der Waals surface area contributed by atoms with E-state index < -0.39 is 18.8 Å². The van der Waals surface area contributed by atoms with Crippen molar-refractivity contribution in [3.05, 3.63) is 35.4 Å². The van der Waals surface area contributed by atoms with Crippen LogP contribution in [0.2, 0.25) is 0 Å². The van der Waals surface area contributed by atoms with Crippen molar-refractivity contribution in [2.75, 3.05) is 13.6 Å². The normalized spacial score (nSPS) is 12.1. The number of hydrogen-bond acceptors (Lipinski definition) is 3. The van der Waals surface area contributed by atoms with Crippen molar-refractivity contribution in [2.45, 2.75) is 12.7 Å². The maximum absolute atomic E-state index is 12.0. The molecule has 0 aliphatic carbocycles. The molecule has 1 aromatic carbocycles. The summed E-state index contributed by atoms with van der Waals surface area (Å²) in [5.41, 5.74) is 6.50. The highest BCUT2D eigenvalue weighted by atomic mass is 19.4. The number of rotatable bonds is 4. The Bertz CT molecular complexity index is 531. The number of alkyl halides is 3. The summed E-state index contributed by atoms with van der Waals surface area (Å²) in [6.07, 6.45) is -4.46. The zero-order valence-electron chi connectivity index (χ0n) is 11.2. The summed E-state index contributed by atoms with van der Waals surface area (Å²) >= 11 is 0. The fourth-order valence-corrected chi connectivity index (χ4v) is 1.54. The maximum Gasteiger partial charge on any atom is 0.405 e. The number of benzene rings is 1. The van der Waals surface area contributed by atoms with Crippen molar-refractivity contribution in [2.24, 2.45) is 10.9 Å². The van der Waals surface area contributed by atoms with Gasteiger partial charge in [-0.15, -0.1) is 0 Å². The van der Waals surface area contributed by atoms with Gasteiger partial charge < -0.3 is 21.2 Å². The van der Waals surface area contributed by atoms with Crippen LogP contribution in [0.3, 0.4) is 0 Å². The van der Waals surface area contributed by atoms with Crippen LogP contribution in [0.4, 0.5) is 18.0 Å². The van der Waals surface area contributed by atoms with Crippen LogP contribution < -0.4 is 11.1 Å². The summed E-state index contributed by atoms with van der Waals surface area (Å²) in [5.74, 6) is -0.0963. The van der Waals surface area contributed by atoms with Gasteiger partial charge in [0, 0.05) is 19.2 Å². The SMILES string of the molecule is CN(Cc1cccc(/C(N)=N/O)c1)C(=O)NCC(F)(F)F. The van der Waals surface area contributed by atoms with E-state index in [0.717, 1.165) is 4.90 Å². The van der Waals surface area contributed by atoms with E-state index in [0.29, 0.717) is 11.1 Å². The summed E-state index contributed by atoms with van der Waals surface area (Å²) < 4.78 is 36.0. The molecule has 4 N–H and O–H groups in total. The maximum atomic E-state index is 12.0. The van der Waals surface area contributed by atoms with Gasteiger partial charge in [0.1, 0.15) is 6.54 Å². The number of oxime groups is 1. The number of urea groups is 1. The minimum absolute atomic E-state index is 0.0796. The third kappa shape index (κ3) is 5.59. The molecule has 0 saturated heterocycles. The lowest BCUT2D eigenvalue weighted by Crippen LogP contribution is -2.41. The molecule has 0 saturated carbocycles. The second-order valence-electron chi connectivity index (χ2n) is 4.32. The van der Waals surface area contributed by atoms with E-state index in [2.05, 4.69) is 5.16 Å². The molecule has 0 atom stereocenters. The van der Waals surface area contributed by atoms with E-state index >= 15 is 0 Å². The van der Waals surface area contributed by atoms with E-state index in [9.17, 15) is 18.0 Å². The number of amidine groups is 1. The van der Waals surface area contributed by atoms with Gasteiger partial charge in [0.2, 0.25) is 0 Å². The van der Waals surface area contributed by atoms with Crippen LogP contribution in [0, 0.1) is 0 Å². The Morgan fingerprint density at radius 3 is 2.71 bits per heavy atom. The zero-order chi connectivity index (χ0) is 16.0. The molecule has 0 radical (unpaired) electrons. The molecule has 0 unspecified atom stereocenters. The minimum atomic E-state index is -4.46. The Morgan fingerprint density at radius 2 is 2.14 bits per heavy atom. The first-order chi connectivity index (χ1) is 9.73. The lowest BCUT2D eigenvalue weighted by atomic mass is 10.1. The third-order valence-electron chi connectivity index (χ3n) is 2.54. The number of halogens is 3. The molecule has 1 aromatic rings. The van der Waals surface area contributed by atoms with E-state index in [1.165, 1.54) is 7.05 Å².